The van der Waals surface area contributed by atoms with Crippen LogP contribution < -0.4 is 16.0 Å². The largest absolute Gasteiger partial charge is 0.381 e. The monoisotopic (exact) mass is 482 g/mol. The second kappa shape index (κ2) is 15.4. The first-order valence-corrected chi connectivity index (χ1v) is 9.35. The summed E-state index contributed by atoms with van der Waals surface area (Å²) in [4.78, 5) is 16.7. The molecule has 1 amide bonds. The smallest absolute Gasteiger partial charge is 0.261 e. The fraction of sp³-hybridized carbons (Fsp3) is 0.647. The number of thiophene rings is 1. The van der Waals surface area contributed by atoms with Gasteiger partial charge >= 0.3 is 0 Å². The van der Waals surface area contributed by atoms with Crippen LogP contribution in [0.4, 0.5) is 0 Å². The minimum atomic E-state index is -0.00564. The molecule has 0 aromatic carbocycles. The number of carbonyl (C=O) groups excluding carboxylic acids is 1. The zero-order valence-electron chi connectivity index (χ0n) is 15.3. The van der Waals surface area contributed by atoms with Crippen LogP contribution in [0.2, 0.25) is 0 Å². The van der Waals surface area contributed by atoms with Crippen molar-refractivity contribution < 1.29 is 9.53 Å². The molecule has 1 heterocycles. The number of hydrogen-bond donors (Lipinski definition) is 3. The Hall–Kier alpha value is -0.870. The number of aliphatic imine (C=N–C) groups is 1. The first kappa shape index (κ1) is 24.1. The molecule has 3 N–H and O–H groups in total. The van der Waals surface area contributed by atoms with Gasteiger partial charge in [0.05, 0.1) is 4.88 Å². The van der Waals surface area contributed by atoms with Crippen LogP contribution in [0, 0.1) is 5.92 Å². The normalized spacial score (nSPS) is 11.1. The average Bonchev–Trinajstić information content (AvgIpc) is 3.09. The van der Waals surface area contributed by atoms with Crippen LogP contribution in [0.15, 0.2) is 22.5 Å². The van der Waals surface area contributed by atoms with Crippen molar-refractivity contribution in [2.75, 3.05) is 39.9 Å². The predicted molar refractivity (Wildman–Crippen MR) is 116 cm³/mol. The number of halogens is 1. The molecule has 0 unspecified atom stereocenters. The van der Waals surface area contributed by atoms with Crippen LogP contribution in [-0.4, -0.2) is 51.8 Å². The third-order valence-corrected chi connectivity index (χ3v) is 3.98. The summed E-state index contributed by atoms with van der Waals surface area (Å²) in [5.74, 6) is 1.35. The maximum Gasteiger partial charge on any atom is 0.261 e. The van der Waals surface area contributed by atoms with Gasteiger partial charge in [-0.15, -0.1) is 35.3 Å². The quantitative estimate of drug-likeness (QED) is 0.196. The second-order valence-electron chi connectivity index (χ2n) is 5.83. The Bertz CT molecular complexity index is 481. The van der Waals surface area contributed by atoms with Crippen LogP contribution in [0.25, 0.3) is 0 Å². The zero-order valence-corrected chi connectivity index (χ0v) is 18.5. The third kappa shape index (κ3) is 12.2. The number of rotatable bonds is 11. The summed E-state index contributed by atoms with van der Waals surface area (Å²) >= 11 is 1.45. The zero-order chi connectivity index (χ0) is 17.6. The standard InChI is InChI=1S/C17H30N4O2S.HI/c1-14(2)13-23-11-6-10-21-17(18-3)20-9-5-8-19-16(22)15-7-4-12-24-15;/h4,7,12,14H,5-6,8-11,13H2,1-3H3,(H,19,22)(H2,18,20,21);1H. The number of nitrogens with one attached hydrogen (secondary N) is 3. The molecule has 25 heavy (non-hydrogen) atoms. The van der Waals surface area contributed by atoms with E-state index < -0.39 is 0 Å². The lowest BCUT2D eigenvalue weighted by molar-refractivity contribution is 0.0957. The minimum absolute atomic E-state index is 0. The highest BCUT2D eigenvalue weighted by atomic mass is 127. The number of amides is 1. The van der Waals surface area contributed by atoms with Crippen LogP contribution in [0.3, 0.4) is 0 Å². The molecule has 1 rings (SSSR count). The Labute approximate surface area is 172 Å². The molecule has 0 aliphatic rings. The Kier molecular flexibility index (Phi) is 14.9. The van der Waals surface area contributed by atoms with Crippen molar-refractivity contribution in [3.8, 4) is 0 Å². The molecule has 0 fully saturated rings. The van der Waals surface area contributed by atoms with Crippen molar-refractivity contribution in [3.05, 3.63) is 22.4 Å². The van der Waals surface area contributed by atoms with Gasteiger partial charge in [-0.25, -0.2) is 0 Å². The van der Waals surface area contributed by atoms with E-state index in [1.807, 2.05) is 17.5 Å². The van der Waals surface area contributed by atoms with Crippen molar-refractivity contribution in [2.45, 2.75) is 26.7 Å². The highest BCUT2D eigenvalue weighted by Gasteiger charge is 2.04. The van der Waals surface area contributed by atoms with Gasteiger partial charge in [0.2, 0.25) is 0 Å². The molecule has 0 bridgehead atoms. The molecular weight excluding hydrogens is 451 g/mol. The summed E-state index contributed by atoms with van der Waals surface area (Å²) in [5, 5.41) is 11.3. The van der Waals surface area contributed by atoms with Crippen molar-refractivity contribution in [1.82, 2.24) is 16.0 Å². The molecule has 0 aliphatic heterocycles. The summed E-state index contributed by atoms with van der Waals surface area (Å²) < 4.78 is 5.54. The molecule has 8 heteroatoms. The molecule has 0 spiro atoms. The molecule has 144 valence electrons. The molecule has 0 radical (unpaired) electrons. The first-order chi connectivity index (χ1) is 11.6. The Morgan fingerprint density at radius 2 is 1.88 bits per heavy atom. The van der Waals surface area contributed by atoms with Gasteiger partial charge in [0.25, 0.3) is 5.91 Å². The van der Waals surface area contributed by atoms with Crippen LogP contribution in [0.5, 0.6) is 0 Å². The third-order valence-electron chi connectivity index (χ3n) is 3.11. The Morgan fingerprint density at radius 3 is 2.48 bits per heavy atom. The molecule has 0 aliphatic carbocycles. The molecular formula is C17H31IN4O2S. The highest BCUT2D eigenvalue weighted by Crippen LogP contribution is 2.07. The first-order valence-electron chi connectivity index (χ1n) is 8.47. The SMILES string of the molecule is CN=C(NCCCNC(=O)c1cccs1)NCCCOCC(C)C.I. The van der Waals surface area contributed by atoms with E-state index in [9.17, 15) is 4.79 Å². The van der Waals surface area contributed by atoms with Gasteiger partial charge in [-0.2, -0.15) is 0 Å². The Morgan fingerprint density at radius 1 is 1.20 bits per heavy atom. The number of nitrogens with zero attached hydrogens (tertiary/aromatic N) is 1. The highest BCUT2D eigenvalue weighted by molar-refractivity contribution is 14.0. The summed E-state index contributed by atoms with van der Waals surface area (Å²) in [5.41, 5.74) is 0. The van der Waals surface area contributed by atoms with Gasteiger partial charge in [-0.05, 0) is 30.2 Å². The van der Waals surface area contributed by atoms with Crippen molar-refractivity contribution in [1.29, 1.82) is 0 Å². The van der Waals surface area contributed by atoms with E-state index >= 15 is 0 Å². The molecule has 0 saturated carbocycles. The van der Waals surface area contributed by atoms with E-state index in [-0.39, 0.29) is 29.9 Å². The van der Waals surface area contributed by atoms with Crippen molar-refractivity contribution >= 4 is 47.2 Å². The molecule has 0 saturated heterocycles. The van der Waals surface area contributed by atoms with Gasteiger partial charge < -0.3 is 20.7 Å². The number of guanidine groups is 1. The van der Waals surface area contributed by atoms with E-state index in [0.717, 1.165) is 50.0 Å². The molecule has 0 atom stereocenters. The van der Waals surface area contributed by atoms with Gasteiger partial charge in [-0.1, -0.05) is 19.9 Å². The van der Waals surface area contributed by atoms with Gasteiger partial charge in [0.1, 0.15) is 0 Å². The van der Waals surface area contributed by atoms with E-state index in [0.29, 0.717) is 12.5 Å². The number of hydrogen-bond acceptors (Lipinski definition) is 4. The van der Waals surface area contributed by atoms with E-state index in [4.69, 9.17) is 4.74 Å². The number of ether oxygens (including phenoxy) is 1. The van der Waals surface area contributed by atoms with Gasteiger partial charge in [0.15, 0.2) is 5.96 Å². The fourth-order valence-corrected chi connectivity index (χ4v) is 2.55. The van der Waals surface area contributed by atoms with Crippen molar-refractivity contribution in [2.24, 2.45) is 10.9 Å². The number of carbonyl (C=O) groups is 1. The average molecular weight is 482 g/mol. The summed E-state index contributed by atoms with van der Waals surface area (Å²) in [6.07, 6.45) is 1.79. The minimum Gasteiger partial charge on any atom is -0.381 e. The topological polar surface area (TPSA) is 74.8 Å². The van der Waals surface area contributed by atoms with Crippen LogP contribution in [-0.2, 0) is 4.74 Å². The summed E-state index contributed by atoms with van der Waals surface area (Å²) in [6, 6.07) is 3.71. The lowest BCUT2D eigenvalue weighted by Gasteiger charge is -2.12. The van der Waals surface area contributed by atoms with Crippen molar-refractivity contribution in [3.63, 3.8) is 0 Å². The lowest BCUT2D eigenvalue weighted by Crippen LogP contribution is -2.39. The summed E-state index contributed by atoms with van der Waals surface area (Å²) in [6.45, 7) is 8.09. The molecule has 1 aromatic rings. The molecule has 6 nitrogen and oxygen atoms in total. The fourth-order valence-electron chi connectivity index (χ4n) is 1.91. The van der Waals surface area contributed by atoms with Gasteiger partial charge in [0, 0.05) is 39.9 Å². The van der Waals surface area contributed by atoms with Gasteiger partial charge in [-0.3, -0.25) is 9.79 Å². The van der Waals surface area contributed by atoms with E-state index in [1.54, 1.807) is 7.05 Å². The summed E-state index contributed by atoms with van der Waals surface area (Å²) in [7, 11) is 1.75. The van der Waals surface area contributed by atoms with Crippen LogP contribution in [0.1, 0.15) is 36.4 Å². The molecule has 1 aromatic heterocycles. The van der Waals surface area contributed by atoms with E-state index in [1.165, 1.54) is 11.3 Å². The van der Waals surface area contributed by atoms with E-state index in [2.05, 4.69) is 34.8 Å². The maximum atomic E-state index is 11.8. The lowest BCUT2D eigenvalue weighted by atomic mass is 10.2. The second-order valence-corrected chi connectivity index (χ2v) is 6.78. The predicted octanol–water partition coefficient (Wildman–Crippen LogP) is 2.71. The maximum absolute atomic E-state index is 11.8. The Balaban J connectivity index is 0.00000576. The van der Waals surface area contributed by atoms with Crippen LogP contribution >= 0.6 is 35.3 Å².